The highest BCUT2D eigenvalue weighted by Gasteiger charge is 2.21. The van der Waals surface area contributed by atoms with Crippen molar-refractivity contribution in [2.75, 3.05) is 41.7 Å². The Morgan fingerprint density at radius 2 is 1.50 bits per heavy atom. The molecule has 0 spiro atoms. The summed E-state index contributed by atoms with van der Waals surface area (Å²) in [7, 11) is 0. The molecule has 1 amide bonds. The normalized spacial score (nSPS) is 13.9. The summed E-state index contributed by atoms with van der Waals surface area (Å²) >= 11 is 1.44. The third-order valence-electron chi connectivity index (χ3n) is 5.02. The first-order valence-electron chi connectivity index (χ1n) is 10.1. The van der Waals surface area contributed by atoms with E-state index in [-0.39, 0.29) is 5.91 Å². The van der Waals surface area contributed by atoms with Gasteiger partial charge in [-0.15, -0.1) is 0 Å². The zero-order valence-electron chi connectivity index (χ0n) is 16.8. The van der Waals surface area contributed by atoms with Crippen LogP contribution in [0.2, 0.25) is 0 Å². The van der Waals surface area contributed by atoms with E-state index in [1.807, 2.05) is 36.4 Å². The lowest BCUT2D eigenvalue weighted by atomic mass is 10.2. The Morgan fingerprint density at radius 3 is 2.23 bits per heavy atom. The van der Waals surface area contributed by atoms with Crippen LogP contribution < -0.4 is 15.1 Å². The average molecular weight is 420 g/mol. The van der Waals surface area contributed by atoms with Crippen molar-refractivity contribution >= 4 is 29.2 Å². The van der Waals surface area contributed by atoms with Gasteiger partial charge >= 0.3 is 0 Å². The zero-order chi connectivity index (χ0) is 20.6. The molecular weight excluding hydrogens is 394 g/mol. The van der Waals surface area contributed by atoms with Crippen LogP contribution in [0.25, 0.3) is 0 Å². The lowest BCUT2D eigenvalue weighted by molar-refractivity contribution is -0.118. The summed E-state index contributed by atoms with van der Waals surface area (Å²) in [6.07, 6.45) is 3.41. The fraction of sp³-hybridized carbons (Fsp3) is 0.261. The van der Waals surface area contributed by atoms with Crippen molar-refractivity contribution in [1.82, 2.24) is 15.3 Å². The molecule has 2 heterocycles. The van der Waals surface area contributed by atoms with Gasteiger partial charge in [0.15, 0.2) is 5.82 Å². The molecule has 3 aromatic rings. The minimum atomic E-state index is -0.00523. The van der Waals surface area contributed by atoms with Crippen LogP contribution in [0.1, 0.15) is 5.56 Å². The minimum absolute atomic E-state index is 0.00523. The molecule has 0 saturated carbocycles. The van der Waals surface area contributed by atoms with Crippen molar-refractivity contribution in [3.8, 4) is 0 Å². The molecule has 0 aliphatic carbocycles. The summed E-state index contributed by atoms with van der Waals surface area (Å²) in [6, 6.07) is 20.4. The van der Waals surface area contributed by atoms with Crippen LogP contribution in [0.5, 0.6) is 0 Å². The van der Waals surface area contributed by atoms with E-state index in [4.69, 9.17) is 0 Å². The highest BCUT2D eigenvalue weighted by Crippen LogP contribution is 2.27. The molecule has 1 aromatic heterocycles. The Labute approximate surface area is 181 Å². The van der Waals surface area contributed by atoms with E-state index in [0.29, 0.717) is 12.3 Å². The number of piperazine rings is 1. The number of hydrogen-bond donors (Lipinski definition) is 1. The minimum Gasteiger partial charge on any atom is -0.368 e. The summed E-state index contributed by atoms with van der Waals surface area (Å²) < 4.78 is 0. The Bertz CT molecular complexity index is 946. The fourth-order valence-electron chi connectivity index (χ4n) is 3.43. The molecular formula is C23H25N5OS. The van der Waals surface area contributed by atoms with Crippen LogP contribution in [0.15, 0.2) is 78.1 Å². The first-order valence-corrected chi connectivity index (χ1v) is 11.1. The van der Waals surface area contributed by atoms with Crippen LogP contribution in [0, 0.1) is 0 Å². The molecule has 0 atom stereocenters. The van der Waals surface area contributed by atoms with Gasteiger partial charge in [0.25, 0.3) is 0 Å². The van der Waals surface area contributed by atoms with Crippen LogP contribution in [-0.4, -0.2) is 47.8 Å². The average Bonchev–Trinajstić information content (AvgIpc) is 2.83. The largest absolute Gasteiger partial charge is 0.368 e. The smallest absolute Gasteiger partial charge is 0.230 e. The number of aromatic nitrogens is 2. The van der Waals surface area contributed by atoms with Crippen LogP contribution in [0.3, 0.4) is 0 Å². The fourth-order valence-corrected chi connectivity index (χ4v) is 4.25. The van der Waals surface area contributed by atoms with Crippen LogP contribution in [0.4, 0.5) is 11.5 Å². The van der Waals surface area contributed by atoms with Gasteiger partial charge in [-0.2, -0.15) is 0 Å². The number of rotatable bonds is 7. The molecule has 0 radical (unpaired) electrons. The number of nitrogens with one attached hydrogen (secondary N) is 1. The molecule has 1 aliphatic heterocycles. The van der Waals surface area contributed by atoms with Crippen molar-refractivity contribution < 1.29 is 4.79 Å². The van der Waals surface area contributed by atoms with Gasteiger partial charge in [-0.05, 0) is 17.7 Å². The number of hydrogen-bond acceptors (Lipinski definition) is 6. The lowest BCUT2D eigenvalue weighted by Gasteiger charge is -2.37. The number of carbonyl (C=O) groups is 1. The summed E-state index contributed by atoms with van der Waals surface area (Å²) in [6.45, 7) is 4.15. The monoisotopic (exact) mass is 419 g/mol. The second-order valence-corrected chi connectivity index (χ2v) is 8.01. The zero-order valence-corrected chi connectivity index (χ0v) is 17.6. The molecule has 1 fully saturated rings. The van der Waals surface area contributed by atoms with Crippen LogP contribution in [-0.2, 0) is 11.3 Å². The molecule has 30 heavy (non-hydrogen) atoms. The van der Waals surface area contributed by atoms with Crippen molar-refractivity contribution in [3.63, 3.8) is 0 Å². The van der Waals surface area contributed by atoms with Gasteiger partial charge in [-0.25, -0.2) is 9.97 Å². The van der Waals surface area contributed by atoms with Crippen molar-refractivity contribution in [3.05, 3.63) is 78.6 Å². The second-order valence-electron chi connectivity index (χ2n) is 7.05. The number of nitrogens with zero attached hydrogens (tertiary/aromatic N) is 4. The van der Waals surface area contributed by atoms with E-state index in [1.165, 1.54) is 17.4 Å². The molecule has 1 aliphatic rings. The van der Waals surface area contributed by atoms with E-state index in [0.717, 1.165) is 42.6 Å². The Hall–Kier alpha value is -3.06. The van der Waals surface area contributed by atoms with Crippen LogP contribution >= 0.6 is 11.8 Å². The standard InChI is InChI=1S/C23H25N5OS/c29-21(26-17-19-7-3-1-4-8-19)18-30-23-22(24-11-12-25-23)28-15-13-27(14-16-28)20-9-5-2-6-10-20/h1-12H,13-18H2,(H,26,29). The number of para-hydroxylation sites is 1. The molecule has 2 aromatic carbocycles. The number of thioether (sulfide) groups is 1. The van der Waals surface area contributed by atoms with Crippen molar-refractivity contribution in [1.29, 1.82) is 0 Å². The molecule has 1 saturated heterocycles. The number of benzene rings is 2. The van der Waals surface area contributed by atoms with Crippen molar-refractivity contribution in [2.24, 2.45) is 0 Å². The SMILES string of the molecule is O=C(CSc1nccnc1N1CCN(c2ccccc2)CC1)NCc1ccccc1. The maximum Gasteiger partial charge on any atom is 0.230 e. The van der Waals surface area contributed by atoms with Gasteiger partial charge in [0.05, 0.1) is 5.75 Å². The van der Waals surface area contributed by atoms with Gasteiger partial charge in [-0.1, -0.05) is 60.3 Å². The van der Waals surface area contributed by atoms with Gasteiger partial charge < -0.3 is 15.1 Å². The Morgan fingerprint density at radius 1 is 0.867 bits per heavy atom. The molecule has 0 bridgehead atoms. The topological polar surface area (TPSA) is 61.4 Å². The number of anilines is 2. The summed E-state index contributed by atoms with van der Waals surface area (Å²) in [5.41, 5.74) is 2.34. The van der Waals surface area contributed by atoms with E-state index in [2.05, 4.69) is 49.4 Å². The molecule has 154 valence electrons. The first kappa shape index (κ1) is 20.2. The lowest BCUT2D eigenvalue weighted by Crippen LogP contribution is -2.47. The Balaban J connectivity index is 1.31. The highest BCUT2D eigenvalue weighted by molar-refractivity contribution is 8.00. The summed E-state index contributed by atoms with van der Waals surface area (Å²) in [4.78, 5) is 26.0. The highest BCUT2D eigenvalue weighted by atomic mass is 32.2. The number of amides is 1. The third-order valence-corrected chi connectivity index (χ3v) is 5.99. The molecule has 7 heteroatoms. The first-order chi connectivity index (χ1) is 14.8. The maximum atomic E-state index is 12.3. The molecule has 0 unspecified atom stereocenters. The second kappa shape index (κ2) is 10.1. The summed E-state index contributed by atoms with van der Waals surface area (Å²) in [5.74, 6) is 1.18. The van der Waals surface area contributed by atoms with Gasteiger partial charge in [0.1, 0.15) is 5.03 Å². The van der Waals surface area contributed by atoms with Gasteiger partial charge in [-0.3, -0.25) is 4.79 Å². The summed E-state index contributed by atoms with van der Waals surface area (Å²) in [5, 5.41) is 3.77. The molecule has 6 nitrogen and oxygen atoms in total. The van der Waals surface area contributed by atoms with E-state index in [1.54, 1.807) is 12.4 Å². The Kier molecular flexibility index (Phi) is 6.82. The van der Waals surface area contributed by atoms with E-state index >= 15 is 0 Å². The molecule has 4 rings (SSSR count). The van der Waals surface area contributed by atoms with E-state index in [9.17, 15) is 4.79 Å². The van der Waals surface area contributed by atoms with Gasteiger partial charge in [0.2, 0.25) is 5.91 Å². The number of carbonyl (C=O) groups excluding carboxylic acids is 1. The van der Waals surface area contributed by atoms with Gasteiger partial charge in [0, 0.05) is 50.8 Å². The maximum absolute atomic E-state index is 12.3. The van der Waals surface area contributed by atoms with Crippen molar-refractivity contribution in [2.45, 2.75) is 11.6 Å². The third kappa shape index (κ3) is 5.30. The predicted octanol–water partition coefficient (Wildman–Crippen LogP) is 3.21. The molecule has 1 N–H and O–H groups in total. The predicted molar refractivity (Wildman–Crippen MR) is 122 cm³/mol. The van der Waals surface area contributed by atoms with E-state index < -0.39 is 0 Å². The quantitative estimate of drug-likeness (QED) is 0.594.